The van der Waals surface area contributed by atoms with E-state index in [4.69, 9.17) is 10.5 Å². The Kier molecular flexibility index (Phi) is 5.25. The van der Waals surface area contributed by atoms with Gasteiger partial charge in [0, 0.05) is 0 Å². The Bertz CT molecular complexity index is 143. The maximum absolute atomic E-state index is 10.2. The molecule has 1 amide bonds. The molecule has 1 unspecified atom stereocenters. The molecule has 0 radical (unpaired) electrons. The van der Waals surface area contributed by atoms with Crippen molar-refractivity contribution in [2.24, 2.45) is 5.73 Å². The number of allylic oxidation sites excluding steroid dienone is 2. The van der Waals surface area contributed by atoms with Crippen molar-refractivity contribution in [3.63, 3.8) is 0 Å². The van der Waals surface area contributed by atoms with E-state index in [1.54, 1.807) is 0 Å². The van der Waals surface area contributed by atoms with Crippen molar-refractivity contribution in [1.82, 2.24) is 0 Å². The maximum Gasteiger partial charge on any atom is 0.404 e. The van der Waals surface area contributed by atoms with Gasteiger partial charge in [-0.05, 0) is 26.7 Å². The van der Waals surface area contributed by atoms with Gasteiger partial charge >= 0.3 is 6.09 Å². The fourth-order valence-corrected chi connectivity index (χ4v) is 0.755. The number of hydrogen-bond donors (Lipinski definition) is 1. The minimum Gasteiger partial charge on any atom is -0.447 e. The zero-order valence-electron chi connectivity index (χ0n) is 7.04. The molecule has 0 fully saturated rings. The average Bonchev–Trinajstić information content (AvgIpc) is 1.86. The number of rotatable bonds is 4. The molecule has 0 aliphatic rings. The molecule has 0 spiro atoms. The van der Waals surface area contributed by atoms with E-state index in [9.17, 15) is 4.79 Å². The van der Waals surface area contributed by atoms with Crippen molar-refractivity contribution >= 4 is 6.09 Å². The van der Waals surface area contributed by atoms with Crippen molar-refractivity contribution in [3.05, 3.63) is 12.2 Å². The molecule has 0 aromatic rings. The number of hydrogen-bond acceptors (Lipinski definition) is 2. The lowest BCUT2D eigenvalue weighted by molar-refractivity contribution is 0.112. The summed E-state index contributed by atoms with van der Waals surface area (Å²) in [6.07, 6.45) is 4.97. The third kappa shape index (κ3) is 6.90. The molecular weight excluding hydrogens is 142 g/mol. The van der Waals surface area contributed by atoms with Gasteiger partial charge in [-0.25, -0.2) is 4.79 Å². The first-order valence-corrected chi connectivity index (χ1v) is 3.74. The van der Waals surface area contributed by atoms with Gasteiger partial charge in [0.15, 0.2) is 0 Å². The fourth-order valence-electron chi connectivity index (χ4n) is 0.755. The van der Waals surface area contributed by atoms with Gasteiger partial charge in [-0.15, -0.1) is 0 Å². The molecule has 0 heterocycles. The second kappa shape index (κ2) is 5.77. The molecule has 0 aliphatic carbocycles. The summed E-state index contributed by atoms with van der Waals surface area (Å²) in [6, 6.07) is 0. The van der Waals surface area contributed by atoms with Crippen LogP contribution in [0.1, 0.15) is 26.7 Å². The first-order chi connectivity index (χ1) is 5.16. The highest BCUT2D eigenvalue weighted by Crippen LogP contribution is 2.01. The average molecular weight is 157 g/mol. The molecule has 3 nitrogen and oxygen atoms in total. The van der Waals surface area contributed by atoms with E-state index in [0.29, 0.717) is 0 Å². The monoisotopic (exact) mass is 157 g/mol. The van der Waals surface area contributed by atoms with E-state index in [1.165, 1.54) is 0 Å². The predicted molar refractivity (Wildman–Crippen MR) is 44.2 cm³/mol. The largest absolute Gasteiger partial charge is 0.447 e. The normalized spacial score (nSPS) is 13.3. The van der Waals surface area contributed by atoms with Crippen LogP contribution in [0.4, 0.5) is 4.79 Å². The Balaban J connectivity index is 3.36. The Morgan fingerprint density at radius 1 is 1.73 bits per heavy atom. The van der Waals surface area contributed by atoms with Crippen LogP contribution >= 0.6 is 0 Å². The van der Waals surface area contributed by atoms with Gasteiger partial charge in [-0.2, -0.15) is 0 Å². The number of carbonyl (C=O) groups excluding carboxylic acids is 1. The number of amides is 1. The van der Waals surface area contributed by atoms with Gasteiger partial charge in [-0.1, -0.05) is 12.2 Å². The van der Waals surface area contributed by atoms with Crippen LogP contribution in [0.25, 0.3) is 0 Å². The van der Waals surface area contributed by atoms with Crippen LogP contribution in [0.15, 0.2) is 12.2 Å². The molecule has 1 atom stereocenters. The first-order valence-electron chi connectivity index (χ1n) is 3.74. The molecule has 0 rings (SSSR count). The molecule has 2 N–H and O–H groups in total. The molecule has 0 aliphatic heterocycles. The van der Waals surface area contributed by atoms with E-state index >= 15 is 0 Å². The molecular formula is C8H15NO2. The molecule has 0 saturated carbocycles. The summed E-state index contributed by atoms with van der Waals surface area (Å²) >= 11 is 0. The smallest absolute Gasteiger partial charge is 0.404 e. The number of nitrogens with two attached hydrogens (primary N) is 1. The Morgan fingerprint density at radius 2 is 2.36 bits per heavy atom. The lowest BCUT2D eigenvalue weighted by Gasteiger charge is -2.08. The van der Waals surface area contributed by atoms with Crippen molar-refractivity contribution < 1.29 is 9.53 Å². The highest BCUT2D eigenvalue weighted by molar-refractivity contribution is 5.64. The minimum absolute atomic E-state index is 0.0799. The second-order valence-corrected chi connectivity index (χ2v) is 2.39. The minimum atomic E-state index is -0.696. The van der Waals surface area contributed by atoms with Crippen LogP contribution in [-0.4, -0.2) is 12.2 Å². The first kappa shape index (κ1) is 10.0. The van der Waals surface area contributed by atoms with Crippen LogP contribution in [0.3, 0.4) is 0 Å². The number of carbonyl (C=O) groups is 1. The van der Waals surface area contributed by atoms with E-state index in [2.05, 4.69) is 0 Å². The molecule has 11 heavy (non-hydrogen) atoms. The van der Waals surface area contributed by atoms with Gasteiger partial charge in [-0.3, -0.25) is 0 Å². The molecule has 0 aromatic carbocycles. The standard InChI is InChI=1S/C8H15NO2/c1-3-4-5-6-7(2)11-8(9)10/h3-4,7H,5-6H2,1-2H3,(H2,9,10). The van der Waals surface area contributed by atoms with Gasteiger partial charge in [0.2, 0.25) is 0 Å². The van der Waals surface area contributed by atoms with Crippen LogP contribution in [0, 0.1) is 0 Å². The van der Waals surface area contributed by atoms with Crippen molar-refractivity contribution in [3.8, 4) is 0 Å². The van der Waals surface area contributed by atoms with Crippen LogP contribution < -0.4 is 5.73 Å². The molecule has 0 aromatic heterocycles. The lowest BCUT2D eigenvalue weighted by Crippen LogP contribution is -2.19. The van der Waals surface area contributed by atoms with Gasteiger partial charge in [0.1, 0.15) is 6.10 Å². The third-order valence-corrected chi connectivity index (χ3v) is 1.29. The summed E-state index contributed by atoms with van der Waals surface area (Å²) in [6.45, 7) is 3.79. The summed E-state index contributed by atoms with van der Waals surface area (Å²) in [7, 11) is 0. The molecule has 3 heteroatoms. The van der Waals surface area contributed by atoms with Crippen molar-refractivity contribution in [2.75, 3.05) is 0 Å². The second-order valence-electron chi connectivity index (χ2n) is 2.39. The topological polar surface area (TPSA) is 52.3 Å². The zero-order chi connectivity index (χ0) is 8.69. The van der Waals surface area contributed by atoms with E-state index in [-0.39, 0.29) is 6.10 Å². The zero-order valence-corrected chi connectivity index (χ0v) is 7.04. The van der Waals surface area contributed by atoms with Crippen LogP contribution in [-0.2, 0) is 4.74 Å². The van der Waals surface area contributed by atoms with Gasteiger partial charge in [0.05, 0.1) is 0 Å². The van der Waals surface area contributed by atoms with Crippen molar-refractivity contribution in [2.45, 2.75) is 32.8 Å². The molecule has 0 bridgehead atoms. The van der Waals surface area contributed by atoms with E-state index in [0.717, 1.165) is 12.8 Å². The Hall–Kier alpha value is -0.990. The predicted octanol–water partition coefficient (Wildman–Crippen LogP) is 1.83. The molecule has 64 valence electrons. The van der Waals surface area contributed by atoms with Gasteiger partial charge in [0.25, 0.3) is 0 Å². The molecule has 0 saturated heterocycles. The summed E-state index contributed by atoms with van der Waals surface area (Å²) in [5.74, 6) is 0. The Labute approximate surface area is 67.2 Å². The lowest BCUT2D eigenvalue weighted by atomic mass is 10.2. The highest BCUT2D eigenvalue weighted by Gasteiger charge is 2.02. The summed E-state index contributed by atoms with van der Waals surface area (Å²) in [5.41, 5.74) is 4.82. The summed E-state index contributed by atoms with van der Waals surface area (Å²) in [4.78, 5) is 10.2. The Morgan fingerprint density at radius 3 is 2.82 bits per heavy atom. The SMILES string of the molecule is CC=CCCC(C)OC(N)=O. The summed E-state index contributed by atoms with van der Waals surface area (Å²) < 4.78 is 4.70. The van der Waals surface area contributed by atoms with Crippen LogP contribution in [0.2, 0.25) is 0 Å². The summed E-state index contributed by atoms with van der Waals surface area (Å²) in [5, 5.41) is 0. The number of primary amides is 1. The number of ether oxygens (including phenoxy) is 1. The van der Waals surface area contributed by atoms with Crippen molar-refractivity contribution in [1.29, 1.82) is 0 Å². The van der Waals surface area contributed by atoms with E-state index in [1.807, 2.05) is 26.0 Å². The fraction of sp³-hybridized carbons (Fsp3) is 0.625. The maximum atomic E-state index is 10.2. The quantitative estimate of drug-likeness (QED) is 0.633. The third-order valence-electron chi connectivity index (χ3n) is 1.29. The van der Waals surface area contributed by atoms with Gasteiger partial charge < -0.3 is 10.5 Å². The van der Waals surface area contributed by atoms with E-state index < -0.39 is 6.09 Å². The highest BCUT2D eigenvalue weighted by atomic mass is 16.6. The van der Waals surface area contributed by atoms with Crippen LogP contribution in [0.5, 0.6) is 0 Å².